The first kappa shape index (κ1) is 18.2. The van der Waals surface area contributed by atoms with Gasteiger partial charge < -0.3 is 14.8 Å². The highest BCUT2D eigenvalue weighted by Gasteiger charge is 2.04. The van der Waals surface area contributed by atoms with Gasteiger partial charge in [0, 0.05) is 5.69 Å². The van der Waals surface area contributed by atoms with Crippen molar-refractivity contribution >= 4 is 29.2 Å². The lowest BCUT2D eigenvalue weighted by atomic mass is 10.2. The first-order chi connectivity index (χ1) is 12.1. The van der Waals surface area contributed by atoms with Gasteiger partial charge in [0.1, 0.15) is 11.9 Å². The number of nitriles is 1. The van der Waals surface area contributed by atoms with Crippen molar-refractivity contribution in [1.29, 1.82) is 5.26 Å². The summed E-state index contributed by atoms with van der Waals surface area (Å²) in [6.07, 6.45) is 1.55. The zero-order valence-corrected chi connectivity index (χ0v) is 14.1. The van der Waals surface area contributed by atoms with E-state index in [1.807, 2.05) is 6.07 Å². The third-order valence-electron chi connectivity index (χ3n) is 2.96. The number of benzene rings is 2. The molecule has 2 aromatic carbocycles. The lowest BCUT2D eigenvalue weighted by molar-refractivity contribution is 0.329. The van der Waals surface area contributed by atoms with Crippen molar-refractivity contribution in [2.75, 3.05) is 19.0 Å². The first-order valence-electron chi connectivity index (χ1n) is 7.16. The minimum Gasteiger partial charge on any atom is -0.493 e. The fraction of sp³-hybridized carbons (Fsp3) is 0.118. The summed E-state index contributed by atoms with van der Waals surface area (Å²) in [5, 5.41) is 15.7. The molecule has 0 heterocycles. The van der Waals surface area contributed by atoms with Crippen molar-refractivity contribution in [2.24, 2.45) is 5.10 Å². The summed E-state index contributed by atoms with van der Waals surface area (Å²) in [5.41, 5.74) is 4.06. The first-order valence-corrected chi connectivity index (χ1v) is 7.56. The third-order valence-corrected chi connectivity index (χ3v) is 3.16. The number of thiocarbonyl (C=S) groups is 1. The number of ether oxygens (including phenoxy) is 2. The van der Waals surface area contributed by atoms with Gasteiger partial charge in [-0.2, -0.15) is 10.4 Å². The molecule has 0 aromatic heterocycles. The fourth-order valence-corrected chi connectivity index (χ4v) is 2.02. The number of halogens is 1. The Morgan fingerprint density at radius 1 is 1.28 bits per heavy atom. The summed E-state index contributed by atoms with van der Waals surface area (Å²) < 4.78 is 23.3. The van der Waals surface area contributed by atoms with Gasteiger partial charge in [-0.25, -0.2) is 4.39 Å². The second-order valence-electron chi connectivity index (χ2n) is 4.69. The normalized spacial score (nSPS) is 10.1. The Hall–Kier alpha value is -3.18. The van der Waals surface area contributed by atoms with Crippen LogP contribution >= 0.6 is 12.2 Å². The monoisotopic (exact) mass is 358 g/mol. The molecule has 0 unspecified atom stereocenters. The van der Waals surface area contributed by atoms with Crippen LogP contribution in [0.4, 0.5) is 10.1 Å². The Kier molecular flexibility index (Phi) is 6.68. The van der Waals surface area contributed by atoms with Gasteiger partial charge in [-0.1, -0.05) is 0 Å². The van der Waals surface area contributed by atoms with E-state index in [0.717, 1.165) is 5.56 Å². The van der Waals surface area contributed by atoms with Gasteiger partial charge in [-0.3, -0.25) is 5.43 Å². The van der Waals surface area contributed by atoms with E-state index in [2.05, 4.69) is 15.8 Å². The van der Waals surface area contributed by atoms with Crippen LogP contribution < -0.4 is 20.2 Å². The molecule has 0 saturated carbocycles. The number of hydrazone groups is 1. The largest absolute Gasteiger partial charge is 0.493 e. The molecule has 2 N–H and O–H groups in total. The molecule has 0 aliphatic rings. The van der Waals surface area contributed by atoms with Crippen LogP contribution in [-0.2, 0) is 0 Å². The minimum absolute atomic E-state index is 0.0608. The molecule has 0 amide bonds. The van der Waals surface area contributed by atoms with E-state index in [0.29, 0.717) is 17.2 Å². The maximum Gasteiger partial charge on any atom is 0.191 e. The minimum atomic E-state index is -0.321. The van der Waals surface area contributed by atoms with Crippen LogP contribution in [0.15, 0.2) is 47.6 Å². The van der Waals surface area contributed by atoms with Crippen LogP contribution in [0.2, 0.25) is 0 Å². The zero-order valence-electron chi connectivity index (χ0n) is 13.3. The van der Waals surface area contributed by atoms with Gasteiger partial charge in [0.15, 0.2) is 23.2 Å². The van der Waals surface area contributed by atoms with Gasteiger partial charge in [-0.15, -0.1) is 0 Å². The molecule has 25 heavy (non-hydrogen) atoms. The van der Waals surface area contributed by atoms with Gasteiger partial charge in [0.05, 0.1) is 13.3 Å². The van der Waals surface area contributed by atoms with Gasteiger partial charge in [-0.05, 0) is 60.2 Å². The van der Waals surface area contributed by atoms with Crippen LogP contribution in [0.5, 0.6) is 11.5 Å². The zero-order chi connectivity index (χ0) is 18.1. The molecule has 6 nitrogen and oxygen atoms in total. The predicted molar refractivity (Wildman–Crippen MR) is 97.5 cm³/mol. The van der Waals surface area contributed by atoms with Crippen molar-refractivity contribution in [1.82, 2.24) is 5.43 Å². The SMILES string of the molecule is COc1cc(/C=N\NC(=S)Nc2ccc(F)cc2)ccc1OCC#N. The molecular weight excluding hydrogens is 343 g/mol. The predicted octanol–water partition coefficient (Wildman–Crippen LogP) is 3.06. The topological polar surface area (TPSA) is 78.7 Å². The van der Waals surface area contributed by atoms with Gasteiger partial charge >= 0.3 is 0 Å². The van der Waals surface area contributed by atoms with Crippen LogP contribution in [0.25, 0.3) is 0 Å². The molecule has 0 radical (unpaired) electrons. The van der Waals surface area contributed by atoms with Crippen LogP contribution in [0.3, 0.4) is 0 Å². The molecule has 0 aliphatic carbocycles. The third kappa shape index (κ3) is 5.75. The highest BCUT2D eigenvalue weighted by atomic mass is 32.1. The standard InChI is InChI=1S/C17H15FN4O2S/c1-23-16-10-12(2-7-15(16)24-9-8-19)11-20-22-17(25)21-14-5-3-13(18)4-6-14/h2-7,10-11H,9H2,1H3,(H2,21,22,25)/b20-11-. The van der Waals surface area contributed by atoms with E-state index in [4.69, 9.17) is 27.0 Å². The second kappa shape index (κ2) is 9.20. The van der Waals surface area contributed by atoms with E-state index < -0.39 is 0 Å². The molecule has 8 heteroatoms. The molecule has 0 bridgehead atoms. The lowest BCUT2D eigenvalue weighted by Gasteiger charge is -2.09. The molecular formula is C17H15FN4O2S. The smallest absolute Gasteiger partial charge is 0.191 e. The number of hydrogen-bond acceptors (Lipinski definition) is 5. The molecule has 0 fully saturated rings. The number of nitrogens with zero attached hydrogens (tertiary/aromatic N) is 2. The molecule has 0 spiro atoms. The maximum atomic E-state index is 12.8. The second-order valence-corrected chi connectivity index (χ2v) is 5.10. The van der Waals surface area contributed by atoms with Crippen molar-refractivity contribution in [2.45, 2.75) is 0 Å². The van der Waals surface area contributed by atoms with E-state index >= 15 is 0 Å². The van der Waals surface area contributed by atoms with Crippen LogP contribution in [0.1, 0.15) is 5.56 Å². The van der Waals surface area contributed by atoms with Gasteiger partial charge in [0.2, 0.25) is 0 Å². The Morgan fingerprint density at radius 2 is 2.04 bits per heavy atom. The summed E-state index contributed by atoms with van der Waals surface area (Å²) in [7, 11) is 1.51. The highest BCUT2D eigenvalue weighted by Crippen LogP contribution is 2.27. The van der Waals surface area contributed by atoms with Gasteiger partial charge in [0.25, 0.3) is 0 Å². The summed E-state index contributed by atoms with van der Waals surface area (Å²) in [6.45, 7) is -0.0608. The maximum absolute atomic E-state index is 12.8. The Balaban J connectivity index is 1.93. The van der Waals surface area contributed by atoms with Crippen LogP contribution in [0, 0.1) is 17.1 Å². The average Bonchev–Trinajstić information content (AvgIpc) is 2.62. The summed E-state index contributed by atoms with van der Waals surface area (Å²) in [5.74, 6) is 0.646. The Labute approximate surface area is 149 Å². The Morgan fingerprint density at radius 3 is 2.72 bits per heavy atom. The van der Waals surface area contributed by atoms with Crippen molar-refractivity contribution in [3.8, 4) is 17.6 Å². The lowest BCUT2D eigenvalue weighted by Crippen LogP contribution is -2.23. The highest BCUT2D eigenvalue weighted by molar-refractivity contribution is 7.80. The molecule has 2 aromatic rings. The van der Waals surface area contributed by atoms with E-state index in [-0.39, 0.29) is 17.5 Å². The van der Waals surface area contributed by atoms with Crippen molar-refractivity contribution in [3.63, 3.8) is 0 Å². The number of nitrogens with one attached hydrogen (secondary N) is 2. The van der Waals surface area contributed by atoms with E-state index in [9.17, 15) is 4.39 Å². The quantitative estimate of drug-likeness (QED) is 0.469. The number of methoxy groups -OCH3 is 1. The van der Waals surface area contributed by atoms with Crippen LogP contribution in [-0.4, -0.2) is 25.0 Å². The number of hydrogen-bond donors (Lipinski definition) is 2. The van der Waals surface area contributed by atoms with E-state index in [1.165, 1.54) is 19.2 Å². The Bertz CT molecular complexity index is 803. The van der Waals surface area contributed by atoms with Crippen molar-refractivity contribution < 1.29 is 13.9 Å². The summed E-state index contributed by atoms with van der Waals surface area (Å²) in [4.78, 5) is 0. The molecule has 128 valence electrons. The number of rotatable bonds is 6. The molecule has 0 atom stereocenters. The molecule has 2 rings (SSSR count). The molecule has 0 saturated heterocycles. The van der Waals surface area contributed by atoms with E-state index in [1.54, 1.807) is 36.5 Å². The average molecular weight is 358 g/mol. The summed E-state index contributed by atoms with van der Waals surface area (Å²) >= 11 is 5.10. The summed E-state index contributed by atoms with van der Waals surface area (Å²) in [6, 6.07) is 12.9. The molecule has 0 aliphatic heterocycles. The fourth-order valence-electron chi connectivity index (χ4n) is 1.85. The number of anilines is 1. The van der Waals surface area contributed by atoms with Crippen molar-refractivity contribution in [3.05, 3.63) is 53.8 Å².